The molecule has 0 saturated heterocycles. The van der Waals surface area contributed by atoms with Gasteiger partial charge in [-0.1, -0.05) is 26.0 Å². The van der Waals surface area contributed by atoms with Gasteiger partial charge >= 0.3 is 5.97 Å². The van der Waals surface area contributed by atoms with Crippen LogP contribution in [0.25, 0.3) is 0 Å². The molecule has 17 heavy (non-hydrogen) atoms. The first-order valence-electron chi connectivity index (χ1n) is 5.56. The molecule has 0 unspecified atom stereocenters. The van der Waals surface area contributed by atoms with Gasteiger partial charge < -0.3 is 10.4 Å². The molecule has 4 nitrogen and oxygen atoms in total. The average molecular weight is 235 g/mol. The van der Waals surface area contributed by atoms with Gasteiger partial charge in [0.15, 0.2) is 0 Å². The largest absolute Gasteiger partial charge is 0.478 e. The lowest BCUT2D eigenvalue weighted by Gasteiger charge is -2.06. The Morgan fingerprint density at radius 2 is 1.82 bits per heavy atom. The lowest BCUT2D eigenvalue weighted by Crippen LogP contribution is -2.25. The predicted octanol–water partition coefficient (Wildman–Crippen LogP) is 1.70. The van der Waals surface area contributed by atoms with Crippen molar-refractivity contribution in [3.05, 3.63) is 35.4 Å². The Balaban J connectivity index is 2.42. The van der Waals surface area contributed by atoms with Gasteiger partial charge in [0.05, 0.1) is 12.1 Å². The van der Waals surface area contributed by atoms with Gasteiger partial charge in [-0.15, -0.1) is 0 Å². The summed E-state index contributed by atoms with van der Waals surface area (Å²) in [6, 6.07) is 6.61. The van der Waals surface area contributed by atoms with E-state index < -0.39 is 5.97 Å². The summed E-state index contributed by atoms with van der Waals surface area (Å²) in [6.07, 6.45) is 0. The Hall–Kier alpha value is -1.68. The lowest BCUT2D eigenvalue weighted by molar-refractivity contribution is -0.121. The Morgan fingerprint density at radius 3 is 2.29 bits per heavy atom. The van der Waals surface area contributed by atoms with Gasteiger partial charge in [0.25, 0.3) is 0 Å². The molecule has 0 amide bonds. The van der Waals surface area contributed by atoms with Crippen molar-refractivity contribution in [1.82, 2.24) is 5.32 Å². The number of carboxylic acids is 1. The summed E-state index contributed by atoms with van der Waals surface area (Å²) in [5.41, 5.74) is 1.23. The highest BCUT2D eigenvalue weighted by molar-refractivity contribution is 5.87. The molecule has 0 aliphatic heterocycles. The van der Waals surface area contributed by atoms with E-state index in [2.05, 4.69) is 5.32 Å². The highest BCUT2D eigenvalue weighted by atomic mass is 16.4. The Bertz CT molecular complexity index is 396. The van der Waals surface area contributed by atoms with Gasteiger partial charge in [0, 0.05) is 12.5 Å². The molecular formula is C13H17NO3. The number of carbonyl (C=O) groups excluding carboxylic acids is 1. The molecule has 0 bridgehead atoms. The second-order valence-corrected chi connectivity index (χ2v) is 4.23. The van der Waals surface area contributed by atoms with E-state index >= 15 is 0 Å². The monoisotopic (exact) mass is 235 g/mol. The van der Waals surface area contributed by atoms with Crippen LogP contribution < -0.4 is 5.32 Å². The Kier molecular flexibility index (Phi) is 4.84. The van der Waals surface area contributed by atoms with Gasteiger partial charge in [0.1, 0.15) is 5.78 Å². The van der Waals surface area contributed by atoms with E-state index in [4.69, 9.17) is 5.11 Å². The number of Topliss-reactive ketones (excluding diaryl/α,β-unsaturated/α-hetero) is 1. The van der Waals surface area contributed by atoms with E-state index in [0.717, 1.165) is 5.56 Å². The number of carboxylic acid groups (broad SMARTS) is 1. The minimum Gasteiger partial charge on any atom is -0.478 e. The zero-order chi connectivity index (χ0) is 12.8. The number of rotatable bonds is 6. The van der Waals surface area contributed by atoms with Crippen molar-refractivity contribution in [3.63, 3.8) is 0 Å². The molecular weight excluding hydrogens is 218 g/mol. The molecule has 0 atom stereocenters. The third-order valence-electron chi connectivity index (χ3n) is 2.47. The van der Waals surface area contributed by atoms with Crippen molar-refractivity contribution in [2.45, 2.75) is 20.4 Å². The smallest absolute Gasteiger partial charge is 0.335 e. The van der Waals surface area contributed by atoms with Crippen LogP contribution >= 0.6 is 0 Å². The van der Waals surface area contributed by atoms with Crippen LogP contribution in [0.5, 0.6) is 0 Å². The summed E-state index contributed by atoms with van der Waals surface area (Å²) < 4.78 is 0. The summed E-state index contributed by atoms with van der Waals surface area (Å²) in [7, 11) is 0. The molecule has 0 radical (unpaired) electrons. The van der Waals surface area contributed by atoms with Crippen LogP contribution in [0.2, 0.25) is 0 Å². The van der Waals surface area contributed by atoms with Gasteiger partial charge in [-0.05, 0) is 17.7 Å². The SMILES string of the molecule is CC(C)C(=O)CNCc1ccc(C(=O)O)cc1. The molecule has 1 aromatic rings. The minimum atomic E-state index is -0.931. The molecule has 0 aliphatic carbocycles. The van der Waals surface area contributed by atoms with Crippen LogP contribution in [0.15, 0.2) is 24.3 Å². The van der Waals surface area contributed by atoms with Gasteiger partial charge in [-0.25, -0.2) is 4.79 Å². The van der Waals surface area contributed by atoms with Crippen LogP contribution in [0.4, 0.5) is 0 Å². The second-order valence-electron chi connectivity index (χ2n) is 4.23. The molecule has 2 N–H and O–H groups in total. The van der Waals surface area contributed by atoms with Crippen LogP contribution in [-0.2, 0) is 11.3 Å². The highest BCUT2D eigenvalue weighted by Crippen LogP contribution is 2.04. The van der Waals surface area contributed by atoms with Gasteiger partial charge in [-0.3, -0.25) is 4.79 Å². The van der Waals surface area contributed by atoms with E-state index in [1.807, 2.05) is 13.8 Å². The van der Waals surface area contributed by atoms with Crippen molar-refractivity contribution < 1.29 is 14.7 Å². The second kappa shape index (κ2) is 6.15. The van der Waals surface area contributed by atoms with E-state index in [1.54, 1.807) is 24.3 Å². The molecule has 1 aromatic carbocycles. The fraction of sp³-hybridized carbons (Fsp3) is 0.385. The molecule has 0 fully saturated rings. The number of ketones is 1. The molecule has 0 saturated carbocycles. The first-order valence-corrected chi connectivity index (χ1v) is 5.56. The molecule has 4 heteroatoms. The molecule has 0 heterocycles. The minimum absolute atomic E-state index is 0.0388. The first-order chi connectivity index (χ1) is 8.00. The summed E-state index contributed by atoms with van der Waals surface area (Å²) in [5, 5.41) is 11.8. The van der Waals surface area contributed by atoms with E-state index in [1.165, 1.54) is 0 Å². The van der Waals surface area contributed by atoms with Crippen LogP contribution in [-0.4, -0.2) is 23.4 Å². The van der Waals surface area contributed by atoms with E-state index in [-0.39, 0.29) is 17.3 Å². The predicted molar refractivity (Wildman–Crippen MR) is 65.0 cm³/mol. The van der Waals surface area contributed by atoms with Crippen molar-refractivity contribution >= 4 is 11.8 Å². The fourth-order valence-corrected chi connectivity index (χ4v) is 1.30. The third-order valence-corrected chi connectivity index (χ3v) is 2.47. The summed E-state index contributed by atoms with van der Waals surface area (Å²) in [4.78, 5) is 22.0. The van der Waals surface area contributed by atoms with Gasteiger partial charge in [-0.2, -0.15) is 0 Å². The summed E-state index contributed by atoms with van der Waals surface area (Å²) >= 11 is 0. The Labute approximate surface area is 101 Å². The van der Waals surface area contributed by atoms with Crippen LogP contribution in [0.1, 0.15) is 29.8 Å². The van der Waals surface area contributed by atoms with Crippen LogP contribution in [0, 0.1) is 5.92 Å². The van der Waals surface area contributed by atoms with Crippen molar-refractivity contribution in [1.29, 1.82) is 0 Å². The number of nitrogens with one attached hydrogen (secondary N) is 1. The molecule has 0 aliphatic rings. The highest BCUT2D eigenvalue weighted by Gasteiger charge is 2.06. The zero-order valence-electron chi connectivity index (χ0n) is 10.1. The van der Waals surface area contributed by atoms with Crippen molar-refractivity contribution in [2.75, 3.05) is 6.54 Å². The maximum atomic E-state index is 11.3. The average Bonchev–Trinajstić information content (AvgIpc) is 2.29. The zero-order valence-corrected chi connectivity index (χ0v) is 10.1. The molecule has 1 rings (SSSR count). The summed E-state index contributed by atoms with van der Waals surface area (Å²) in [5.74, 6) is -0.719. The molecule has 0 spiro atoms. The van der Waals surface area contributed by atoms with Crippen LogP contribution in [0.3, 0.4) is 0 Å². The maximum Gasteiger partial charge on any atom is 0.335 e. The summed E-state index contributed by atoms with van der Waals surface area (Å²) in [6.45, 7) is 4.65. The standard InChI is InChI=1S/C13H17NO3/c1-9(2)12(15)8-14-7-10-3-5-11(6-4-10)13(16)17/h3-6,9,14H,7-8H2,1-2H3,(H,16,17). The van der Waals surface area contributed by atoms with Crippen molar-refractivity contribution in [2.24, 2.45) is 5.92 Å². The maximum absolute atomic E-state index is 11.3. The number of hydrogen-bond donors (Lipinski definition) is 2. The quantitative estimate of drug-likeness (QED) is 0.787. The Morgan fingerprint density at radius 1 is 1.24 bits per heavy atom. The number of hydrogen-bond acceptors (Lipinski definition) is 3. The topological polar surface area (TPSA) is 66.4 Å². The lowest BCUT2D eigenvalue weighted by atomic mass is 10.1. The number of benzene rings is 1. The normalized spacial score (nSPS) is 10.5. The van der Waals surface area contributed by atoms with E-state index in [0.29, 0.717) is 13.1 Å². The first kappa shape index (κ1) is 13.4. The van der Waals surface area contributed by atoms with Gasteiger partial charge in [0.2, 0.25) is 0 Å². The molecule has 92 valence electrons. The number of aromatic carboxylic acids is 1. The third kappa shape index (κ3) is 4.36. The van der Waals surface area contributed by atoms with E-state index in [9.17, 15) is 9.59 Å². The molecule has 0 aromatic heterocycles. The van der Waals surface area contributed by atoms with Crippen molar-refractivity contribution in [3.8, 4) is 0 Å². The number of carbonyl (C=O) groups is 2. The fourth-order valence-electron chi connectivity index (χ4n) is 1.30.